The van der Waals surface area contributed by atoms with Gasteiger partial charge in [0.05, 0.1) is 35.7 Å². The topological polar surface area (TPSA) is 97.4 Å². The van der Waals surface area contributed by atoms with Gasteiger partial charge in [-0.05, 0) is 49.4 Å². The van der Waals surface area contributed by atoms with E-state index in [0.717, 1.165) is 11.3 Å². The third kappa shape index (κ3) is 4.87. The summed E-state index contributed by atoms with van der Waals surface area (Å²) in [5.74, 6) is 0.256. The van der Waals surface area contributed by atoms with Crippen LogP contribution in [0.2, 0.25) is 0 Å². The molecule has 1 aliphatic heterocycles. The van der Waals surface area contributed by atoms with Crippen molar-refractivity contribution in [3.8, 4) is 17.5 Å². The summed E-state index contributed by atoms with van der Waals surface area (Å²) in [7, 11) is 0. The molecule has 0 bridgehead atoms. The lowest BCUT2D eigenvalue weighted by molar-refractivity contribution is -0.128. The summed E-state index contributed by atoms with van der Waals surface area (Å²) >= 11 is 1.10. The Hall–Kier alpha value is -3.74. The van der Waals surface area contributed by atoms with E-state index in [9.17, 15) is 14.9 Å². The summed E-state index contributed by atoms with van der Waals surface area (Å²) in [5, 5.41) is 9.94. The number of pyridine rings is 1. The molecule has 0 aliphatic carbocycles. The van der Waals surface area contributed by atoms with Crippen molar-refractivity contribution in [3.05, 3.63) is 73.9 Å². The molecule has 0 unspecified atom stereocenters. The smallest absolute Gasteiger partial charge is 0.273 e. The highest BCUT2D eigenvalue weighted by molar-refractivity contribution is 7.07. The fourth-order valence-electron chi connectivity index (χ4n) is 3.45. The molecule has 0 atom stereocenters. The van der Waals surface area contributed by atoms with E-state index < -0.39 is 5.91 Å². The van der Waals surface area contributed by atoms with E-state index in [1.165, 1.54) is 4.57 Å². The average Bonchev–Trinajstić information content (AvgIpc) is 3.17. The van der Waals surface area contributed by atoms with E-state index in [1.54, 1.807) is 53.6 Å². The molecule has 8 nitrogen and oxygen atoms in total. The highest BCUT2D eigenvalue weighted by Crippen LogP contribution is 2.14. The molecule has 0 N–H and O–H groups in total. The van der Waals surface area contributed by atoms with Crippen molar-refractivity contribution >= 4 is 28.9 Å². The Labute approximate surface area is 194 Å². The molecule has 33 heavy (non-hydrogen) atoms. The van der Waals surface area contributed by atoms with Crippen LogP contribution in [-0.2, 0) is 9.53 Å². The maximum absolute atomic E-state index is 13.4. The normalized spacial score (nSPS) is 15.2. The molecule has 1 saturated heterocycles. The van der Waals surface area contributed by atoms with Gasteiger partial charge in [0.2, 0.25) is 0 Å². The Kier molecular flexibility index (Phi) is 6.98. The highest BCUT2D eigenvalue weighted by Gasteiger charge is 2.24. The van der Waals surface area contributed by atoms with Crippen LogP contribution < -0.4 is 19.5 Å². The molecule has 1 aliphatic rings. The van der Waals surface area contributed by atoms with Gasteiger partial charge < -0.3 is 14.4 Å². The van der Waals surface area contributed by atoms with Crippen LogP contribution in [0.3, 0.4) is 0 Å². The van der Waals surface area contributed by atoms with Gasteiger partial charge in [-0.2, -0.15) is 5.26 Å². The van der Waals surface area contributed by atoms with Gasteiger partial charge in [-0.1, -0.05) is 6.07 Å². The second-order valence-corrected chi connectivity index (χ2v) is 8.16. The van der Waals surface area contributed by atoms with Gasteiger partial charge in [-0.3, -0.25) is 19.1 Å². The van der Waals surface area contributed by atoms with Gasteiger partial charge in [0.15, 0.2) is 5.57 Å². The fraction of sp³-hybridized carbons (Fsp3) is 0.250. The molecule has 2 aromatic heterocycles. The predicted octanol–water partition coefficient (Wildman–Crippen LogP) is 1.05. The van der Waals surface area contributed by atoms with Gasteiger partial charge in [0, 0.05) is 19.3 Å². The van der Waals surface area contributed by atoms with Crippen molar-refractivity contribution in [2.75, 3.05) is 32.9 Å². The number of rotatable bonds is 5. The van der Waals surface area contributed by atoms with E-state index in [2.05, 4.69) is 4.98 Å². The zero-order valence-electron chi connectivity index (χ0n) is 18.1. The summed E-state index contributed by atoms with van der Waals surface area (Å²) in [6, 6.07) is 14.4. The van der Waals surface area contributed by atoms with Crippen LogP contribution in [0.1, 0.15) is 12.6 Å². The molecule has 9 heteroatoms. The van der Waals surface area contributed by atoms with Gasteiger partial charge in [-0.15, -0.1) is 11.3 Å². The first-order chi connectivity index (χ1) is 16.1. The van der Waals surface area contributed by atoms with Gasteiger partial charge in [0.25, 0.3) is 11.5 Å². The minimum atomic E-state index is -0.411. The number of nitriles is 1. The molecule has 1 amide bonds. The van der Waals surface area contributed by atoms with Crippen molar-refractivity contribution in [1.82, 2.24) is 14.5 Å². The summed E-state index contributed by atoms with van der Waals surface area (Å²) < 4.78 is 12.9. The number of morpholine rings is 1. The summed E-state index contributed by atoms with van der Waals surface area (Å²) in [4.78, 5) is 32.5. The van der Waals surface area contributed by atoms with Crippen LogP contribution in [-0.4, -0.2) is 53.3 Å². The quantitative estimate of drug-likeness (QED) is 0.562. The molecule has 1 fully saturated rings. The van der Waals surface area contributed by atoms with Crippen LogP contribution in [0.25, 0.3) is 17.3 Å². The largest absolute Gasteiger partial charge is 0.494 e. The second kappa shape index (κ2) is 10.3. The highest BCUT2D eigenvalue weighted by atomic mass is 32.1. The molecule has 0 saturated carbocycles. The Balaban J connectivity index is 1.94. The number of nitrogens with zero attached hydrogens (tertiary/aromatic N) is 4. The maximum atomic E-state index is 13.4. The third-order valence-corrected chi connectivity index (χ3v) is 6.13. The van der Waals surface area contributed by atoms with Crippen molar-refractivity contribution in [2.45, 2.75) is 6.92 Å². The number of amides is 1. The number of carbonyl (C=O) groups excluding carboxylic acids is 1. The first-order valence-corrected chi connectivity index (χ1v) is 11.3. The van der Waals surface area contributed by atoms with E-state index in [-0.39, 0.29) is 15.8 Å². The first kappa shape index (κ1) is 22.5. The van der Waals surface area contributed by atoms with Crippen molar-refractivity contribution in [1.29, 1.82) is 5.26 Å². The zero-order valence-corrected chi connectivity index (χ0v) is 18.9. The lowest BCUT2D eigenvalue weighted by atomic mass is 10.2. The number of ether oxygens (including phenoxy) is 2. The molecule has 1 aromatic carbocycles. The van der Waals surface area contributed by atoms with Crippen molar-refractivity contribution < 1.29 is 14.3 Å². The molecule has 3 aromatic rings. The Morgan fingerprint density at radius 1 is 1.24 bits per heavy atom. The molecular weight excluding hydrogens is 440 g/mol. The lowest BCUT2D eigenvalue weighted by Gasteiger charge is -2.26. The van der Waals surface area contributed by atoms with Gasteiger partial charge in [0.1, 0.15) is 16.5 Å². The van der Waals surface area contributed by atoms with Crippen LogP contribution in [0.4, 0.5) is 0 Å². The Morgan fingerprint density at radius 3 is 2.64 bits per heavy atom. The molecule has 0 spiro atoms. The minimum absolute atomic E-state index is 0.0754. The van der Waals surface area contributed by atoms with Gasteiger partial charge in [-0.25, -0.2) is 0 Å². The zero-order chi connectivity index (χ0) is 23.2. The second-order valence-electron chi connectivity index (χ2n) is 7.13. The number of carbonyl (C=O) groups is 1. The van der Waals surface area contributed by atoms with Crippen molar-refractivity contribution in [2.24, 2.45) is 0 Å². The Morgan fingerprint density at radius 2 is 2.00 bits per heavy atom. The van der Waals surface area contributed by atoms with E-state index in [4.69, 9.17) is 9.47 Å². The molecule has 168 valence electrons. The summed E-state index contributed by atoms with van der Waals surface area (Å²) in [6.07, 6.45) is 3.30. The van der Waals surface area contributed by atoms with Crippen LogP contribution >= 0.6 is 11.3 Å². The fourth-order valence-corrected chi connectivity index (χ4v) is 4.53. The van der Waals surface area contributed by atoms with Crippen LogP contribution in [0.5, 0.6) is 5.75 Å². The van der Waals surface area contributed by atoms with Crippen LogP contribution in [0, 0.1) is 11.3 Å². The average molecular weight is 463 g/mol. The lowest BCUT2D eigenvalue weighted by Crippen LogP contribution is -2.42. The number of aromatic nitrogens is 2. The number of thiazole rings is 1. The van der Waals surface area contributed by atoms with Gasteiger partial charge >= 0.3 is 0 Å². The summed E-state index contributed by atoms with van der Waals surface area (Å²) in [6.45, 7) is 4.04. The minimum Gasteiger partial charge on any atom is -0.494 e. The van der Waals surface area contributed by atoms with Crippen LogP contribution in [0.15, 0.2) is 53.5 Å². The first-order valence-electron chi connectivity index (χ1n) is 10.5. The van der Waals surface area contributed by atoms with Crippen molar-refractivity contribution in [3.63, 3.8) is 0 Å². The molecule has 3 heterocycles. The molecule has 4 rings (SSSR count). The Bertz CT molecular complexity index is 1350. The maximum Gasteiger partial charge on any atom is 0.273 e. The number of hydrogen-bond donors (Lipinski definition) is 0. The number of benzene rings is 1. The van der Waals surface area contributed by atoms with E-state index in [0.29, 0.717) is 54.6 Å². The monoisotopic (exact) mass is 462 g/mol. The number of hydrogen-bond acceptors (Lipinski definition) is 7. The molecule has 0 radical (unpaired) electrons. The van der Waals surface area contributed by atoms with E-state index >= 15 is 0 Å². The summed E-state index contributed by atoms with van der Waals surface area (Å²) in [5.41, 5.74) is 0.748. The molecular formula is C24H22N4O4S. The SMILES string of the molecule is CCOc1ccc(-n2c(=O)/c(=C\c3ccccn3)s/c2=C(\C#N)C(=O)N2CCOCC2)cc1. The predicted molar refractivity (Wildman–Crippen MR) is 125 cm³/mol. The third-order valence-electron chi connectivity index (χ3n) is 5.03. The van der Waals surface area contributed by atoms with E-state index in [1.807, 2.05) is 19.1 Å². The standard InChI is InChI=1S/C24H22N4O4S/c1-2-32-19-8-6-18(7-9-19)28-23(30)21(15-17-5-3-4-10-26-17)33-24(28)20(16-25)22(29)27-11-13-31-14-12-27/h3-10,15H,2,11-14H2,1H3/b21-15+,24-20+.